The first-order chi connectivity index (χ1) is 6.15. The Morgan fingerprint density at radius 3 is 2.33 bits per heavy atom. The Hall–Kier alpha value is 0.0300. The first-order valence-corrected chi connectivity index (χ1v) is 3.99. The van der Waals surface area contributed by atoms with Crippen LogP contribution in [-0.4, -0.2) is 28.9 Å². The predicted molar refractivity (Wildman–Crippen MR) is 48.7 cm³/mol. The minimum atomic E-state index is -0.670. The van der Waals surface area contributed by atoms with Gasteiger partial charge >= 0.3 is 29.6 Å². The van der Waals surface area contributed by atoms with E-state index in [1.807, 2.05) is 0 Å². The van der Waals surface area contributed by atoms with Crippen LogP contribution >= 0.6 is 0 Å². The Kier molecular flexibility index (Phi) is 9.54. The van der Waals surface area contributed by atoms with Crippen molar-refractivity contribution in [3.05, 3.63) is 23.8 Å². The Labute approximate surface area is 117 Å². The van der Waals surface area contributed by atoms with Crippen LogP contribution in [0.5, 0.6) is 11.5 Å². The molecule has 80 valence electrons. The van der Waals surface area contributed by atoms with Crippen molar-refractivity contribution >= 4 is 0 Å². The molecule has 0 heterocycles. The SMILES string of the molecule is CNC[C@H](O)c1ccc(O)c(O)c1.[Cl-].[Na+]. The summed E-state index contributed by atoms with van der Waals surface area (Å²) in [5.41, 5.74) is 0.574. The number of phenolic OH excluding ortho intramolecular Hbond substituents is 2. The number of halogens is 1. The number of likely N-dealkylation sites (N-methyl/N-ethyl adjacent to an activating group) is 1. The molecule has 0 saturated heterocycles. The van der Waals surface area contributed by atoms with Gasteiger partial charge in [0.15, 0.2) is 11.5 Å². The maximum atomic E-state index is 9.48. The van der Waals surface area contributed by atoms with Gasteiger partial charge in [0.1, 0.15) is 0 Å². The van der Waals surface area contributed by atoms with Crippen molar-refractivity contribution < 1.29 is 57.3 Å². The summed E-state index contributed by atoms with van der Waals surface area (Å²) in [6.07, 6.45) is -0.670. The first-order valence-electron chi connectivity index (χ1n) is 3.99. The van der Waals surface area contributed by atoms with Gasteiger partial charge in [-0.2, -0.15) is 0 Å². The molecule has 4 nitrogen and oxygen atoms in total. The molecule has 1 rings (SSSR count). The molecular formula is C9H13ClNNaO3. The molecule has 1 atom stereocenters. The molecule has 1 aromatic rings. The van der Waals surface area contributed by atoms with Crippen molar-refractivity contribution in [2.75, 3.05) is 13.6 Å². The molecule has 0 amide bonds. The molecule has 4 N–H and O–H groups in total. The number of hydrogen-bond acceptors (Lipinski definition) is 4. The zero-order valence-electron chi connectivity index (χ0n) is 8.74. The van der Waals surface area contributed by atoms with Crippen molar-refractivity contribution in [1.29, 1.82) is 0 Å². The Bertz CT molecular complexity index is 299. The summed E-state index contributed by atoms with van der Waals surface area (Å²) in [5.74, 6) is -0.395. The van der Waals surface area contributed by atoms with Crippen LogP contribution < -0.4 is 47.3 Å². The van der Waals surface area contributed by atoms with Crippen LogP contribution in [0.4, 0.5) is 0 Å². The fraction of sp³-hybridized carbons (Fsp3) is 0.333. The number of phenols is 2. The molecule has 0 bridgehead atoms. The molecule has 0 aliphatic heterocycles. The normalized spacial score (nSPS) is 11.1. The van der Waals surface area contributed by atoms with Crippen molar-refractivity contribution in [3.8, 4) is 11.5 Å². The van der Waals surface area contributed by atoms with Gasteiger partial charge in [-0.3, -0.25) is 0 Å². The quantitative estimate of drug-likeness (QED) is 0.315. The Morgan fingerprint density at radius 2 is 1.87 bits per heavy atom. The van der Waals surface area contributed by atoms with Gasteiger partial charge in [-0.1, -0.05) is 6.07 Å². The number of aliphatic hydroxyl groups is 1. The van der Waals surface area contributed by atoms with E-state index in [4.69, 9.17) is 10.2 Å². The molecule has 0 unspecified atom stereocenters. The van der Waals surface area contributed by atoms with E-state index < -0.39 is 6.10 Å². The maximum absolute atomic E-state index is 9.48. The summed E-state index contributed by atoms with van der Waals surface area (Å²) in [4.78, 5) is 0. The molecule has 0 radical (unpaired) electrons. The van der Waals surface area contributed by atoms with Gasteiger partial charge in [0, 0.05) is 6.54 Å². The number of nitrogens with one attached hydrogen (secondary N) is 1. The van der Waals surface area contributed by atoms with Crippen molar-refractivity contribution in [3.63, 3.8) is 0 Å². The van der Waals surface area contributed by atoms with Crippen molar-refractivity contribution in [1.82, 2.24) is 5.32 Å². The number of benzene rings is 1. The third kappa shape index (κ3) is 5.06. The predicted octanol–water partition coefficient (Wildman–Crippen LogP) is -5.64. The molecule has 6 heteroatoms. The van der Waals surface area contributed by atoms with Gasteiger partial charge in [0.2, 0.25) is 0 Å². The number of hydrogen-bond donors (Lipinski definition) is 4. The Morgan fingerprint density at radius 1 is 1.27 bits per heavy atom. The van der Waals surface area contributed by atoms with Gasteiger partial charge in [-0.05, 0) is 24.7 Å². The smallest absolute Gasteiger partial charge is 1.00 e. The van der Waals surface area contributed by atoms with Crippen molar-refractivity contribution in [2.45, 2.75) is 6.10 Å². The van der Waals surface area contributed by atoms with Gasteiger partial charge in [-0.15, -0.1) is 0 Å². The molecule has 0 aliphatic carbocycles. The number of aliphatic hydroxyl groups excluding tert-OH is 1. The fourth-order valence-corrected chi connectivity index (χ4v) is 1.06. The third-order valence-corrected chi connectivity index (χ3v) is 1.78. The second-order valence-electron chi connectivity index (χ2n) is 2.82. The van der Waals surface area contributed by atoms with E-state index in [1.54, 1.807) is 13.1 Å². The van der Waals surface area contributed by atoms with Crippen LogP contribution in [-0.2, 0) is 0 Å². The second kappa shape index (κ2) is 8.21. The van der Waals surface area contributed by atoms with E-state index in [-0.39, 0.29) is 53.5 Å². The molecule has 0 saturated carbocycles. The van der Waals surface area contributed by atoms with Gasteiger partial charge in [0.05, 0.1) is 6.10 Å². The maximum Gasteiger partial charge on any atom is 1.00 e. The molecule has 1 aromatic carbocycles. The van der Waals surface area contributed by atoms with Gasteiger partial charge in [0.25, 0.3) is 0 Å². The van der Waals surface area contributed by atoms with E-state index in [2.05, 4.69) is 5.32 Å². The zero-order chi connectivity index (χ0) is 9.84. The minimum absolute atomic E-state index is 0. The molecule has 0 aliphatic rings. The summed E-state index contributed by atoms with van der Waals surface area (Å²) in [5, 5.41) is 30.4. The van der Waals surface area contributed by atoms with E-state index in [9.17, 15) is 5.11 Å². The average Bonchev–Trinajstić information content (AvgIpc) is 2.10. The zero-order valence-corrected chi connectivity index (χ0v) is 11.5. The monoisotopic (exact) mass is 241 g/mol. The summed E-state index contributed by atoms with van der Waals surface area (Å²) in [6.45, 7) is 0.407. The van der Waals surface area contributed by atoms with Crippen LogP contribution in [0.3, 0.4) is 0 Å². The first kappa shape index (κ1) is 17.4. The minimum Gasteiger partial charge on any atom is -1.00 e. The largest absolute Gasteiger partial charge is 1.00 e. The third-order valence-electron chi connectivity index (χ3n) is 1.78. The van der Waals surface area contributed by atoms with Gasteiger partial charge in [-0.25, -0.2) is 0 Å². The average molecular weight is 242 g/mol. The molecule has 0 fully saturated rings. The number of rotatable bonds is 3. The van der Waals surface area contributed by atoms with E-state index >= 15 is 0 Å². The number of aromatic hydroxyl groups is 2. The summed E-state index contributed by atoms with van der Waals surface area (Å²) in [6, 6.07) is 4.26. The fourth-order valence-electron chi connectivity index (χ4n) is 1.06. The molecule has 15 heavy (non-hydrogen) atoms. The second-order valence-corrected chi connectivity index (χ2v) is 2.82. The van der Waals surface area contributed by atoms with Crippen LogP contribution in [0.15, 0.2) is 18.2 Å². The Balaban J connectivity index is 0. The van der Waals surface area contributed by atoms with Crippen LogP contribution in [0, 0.1) is 0 Å². The van der Waals surface area contributed by atoms with Gasteiger partial charge < -0.3 is 33.0 Å². The molecular weight excluding hydrogens is 229 g/mol. The van der Waals surface area contributed by atoms with Crippen LogP contribution in [0.1, 0.15) is 11.7 Å². The van der Waals surface area contributed by atoms with E-state index in [1.165, 1.54) is 12.1 Å². The van der Waals surface area contributed by atoms with E-state index in [0.29, 0.717) is 12.1 Å². The topological polar surface area (TPSA) is 72.7 Å². The molecule has 0 spiro atoms. The summed E-state index contributed by atoms with van der Waals surface area (Å²) in [7, 11) is 1.73. The van der Waals surface area contributed by atoms with E-state index in [0.717, 1.165) is 0 Å². The van der Waals surface area contributed by atoms with Crippen LogP contribution in [0.2, 0.25) is 0 Å². The summed E-state index contributed by atoms with van der Waals surface area (Å²) >= 11 is 0. The van der Waals surface area contributed by atoms with Crippen molar-refractivity contribution in [2.24, 2.45) is 0 Å². The standard InChI is InChI=1S/C9H13NO3.ClH.Na/c1-10-5-9(13)6-2-3-7(11)8(12)4-6;;/h2-4,9-13H,5H2,1H3;1H;/q;;+1/p-1/t9-;;/m0../s1. The molecule has 0 aromatic heterocycles. The summed E-state index contributed by atoms with van der Waals surface area (Å²) < 4.78 is 0. The van der Waals surface area contributed by atoms with Crippen LogP contribution in [0.25, 0.3) is 0 Å².